The molecular weight excluding hydrogens is 318 g/mol. The van der Waals surface area contributed by atoms with Crippen molar-refractivity contribution in [3.05, 3.63) is 48.4 Å². The highest BCUT2D eigenvalue weighted by Crippen LogP contribution is 2.21. The standard InChI is InChI=1S/C17H17N7O/c18-15(25)12-2-1-5-21-17(12)24-10-8-23(9-11-24)14-4-3-13-16(22-14)20-7-6-19-13/h1-7H,8-11H2,(H2,18,25). The van der Waals surface area contributed by atoms with Crippen molar-refractivity contribution in [2.75, 3.05) is 36.0 Å². The molecule has 126 valence electrons. The Labute approximate surface area is 144 Å². The average molecular weight is 335 g/mol. The van der Waals surface area contributed by atoms with Crippen molar-refractivity contribution in [2.24, 2.45) is 5.73 Å². The van der Waals surface area contributed by atoms with Crippen LogP contribution < -0.4 is 15.5 Å². The highest BCUT2D eigenvalue weighted by atomic mass is 16.1. The quantitative estimate of drug-likeness (QED) is 0.757. The second kappa shape index (κ2) is 6.31. The summed E-state index contributed by atoms with van der Waals surface area (Å²) in [6.45, 7) is 3.01. The number of carbonyl (C=O) groups excluding carboxylic acids is 1. The monoisotopic (exact) mass is 335 g/mol. The molecule has 1 aliphatic heterocycles. The van der Waals surface area contributed by atoms with Crippen LogP contribution in [-0.4, -0.2) is 52.0 Å². The molecule has 0 saturated carbocycles. The normalized spacial score (nSPS) is 14.7. The first-order valence-electron chi connectivity index (χ1n) is 8.05. The van der Waals surface area contributed by atoms with Crippen LogP contribution in [0.3, 0.4) is 0 Å². The maximum atomic E-state index is 11.6. The molecule has 1 fully saturated rings. The van der Waals surface area contributed by atoms with Crippen molar-refractivity contribution in [1.82, 2.24) is 19.9 Å². The Bertz CT molecular complexity index is 922. The summed E-state index contributed by atoms with van der Waals surface area (Å²) in [5.74, 6) is 1.07. The van der Waals surface area contributed by atoms with E-state index in [-0.39, 0.29) is 0 Å². The van der Waals surface area contributed by atoms with Gasteiger partial charge >= 0.3 is 0 Å². The zero-order valence-corrected chi connectivity index (χ0v) is 13.5. The third-order valence-electron chi connectivity index (χ3n) is 4.27. The fourth-order valence-electron chi connectivity index (χ4n) is 3.01. The molecule has 0 aromatic carbocycles. The summed E-state index contributed by atoms with van der Waals surface area (Å²) in [4.78, 5) is 33.3. The van der Waals surface area contributed by atoms with E-state index in [9.17, 15) is 4.79 Å². The van der Waals surface area contributed by atoms with E-state index in [4.69, 9.17) is 5.73 Å². The zero-order valence-electron chi connectivity index (χ0n) is 13.5. The van der Waals surface area contributed by atoms with Crippen LogP contribution in [0.25, 0.3) is 11.2 Å². The van der Waals surface area contributed by atoms with Gasteiger partial charge in [-0.15, -0.1) is 0 Å². The van der Waals surface area contributed by atoms with Gasteiger partial charge in [0, 0.05) is 44.8 Å². The number of carbonyl (C=O) groups is 1. The predicted molar refractivity (Wildman–Crippen MR) is 94.5 cm³/mol. The van der Waals surface area contributed by atoms with Gasteiger partial charge in [-0.1, -0.05) is 0 Å². The van der Waals surface area contributed by atoms with Gasteiger partial charge in [0.25, 0.3) is 5.91 Å². The molecule has 0 atom stereocenters. The lowest BCUT2D eigenvalue weighted by molar-refractivity contribution is 0.100. The van der Waals surface area contributed by atoms with E-state index in [2.05, 4.69) is 29.7 Å². The van der Waals surface area contributed by atoms with Crippen molar-refractivity contribution in [3.8, 4) is 0 Å². The van der Waals surface area contributed by atoms with E-state index in [1.165, 1.54) is 0 Å². The van der Waals surface area contributed by atoms with Crippen molar-refractivity contribution in [2.45, 2.75) is 0 Å². The van der Waals surface area contributed by atoms with Crippen LogP contribution in [0.15, 0.2) is 42.9 Å². The second-order valence-electron chi connectivity index (χ2n) is 5.78. The number of anilines is 2. The lowest BCUT2D eigenvalue weighted by Crippen LogP contribution is -2.47. The Hall–Kier alpha value is -3.29. The highest BCUT2D eigenvalue weighted by molar-refractivity contribution is 5.97. The molecule has 25 heavy (non-hydrogen) atoms. The molecule has 3 aromatic rings. The molecule has 0 unspecified atom stereocenters. The van der Waals surface area contributed by atoms with Gasteiger partial charge in [0.2, 0.25) is 0 Å². The molecule has 3 aromatic heterocycles. The lowest BCUT2D eigenvalue weighted by Gasteiger charge is -2.36. The van der Waals surface area contributed by atoms with Crippen LogP contribution in [0.5, 0.6) is 0 Å². The van der Waals surface area contributed by atoms with Crippen LogP contribution in [0.4, 0.5) is 11.6 Å². The van der Waals surface area contributed by atoms with Crippen LogP contribution in [-0.2, 0) is 0 Å². The molecule has 0 spiro atoms. The first kappa shape index (κ1) is 15.3. The largest absolute Gasteiger partial charge is 0.365 e. The van der Waals surface area contributed by atoms with E-state index in [1.54, 1.807) is 30.7 Å². The Kier molecular flexibility index (Phi) is 3.85. The minimum absolute atomic E-state index is 0.454. The van der Waals surface area contributed by atoms with Gasteiger partial charge in [-0.3, -0.25) is 9.78 Å². The van der Waals surface area contributed by atoms with Crippen molar-refractivity contribution < 1.29 is 4.79 Å². The summed E-state index contributed by atoms with van der Waals surface area (Å²) >= 11 is 0. The van der Waals surface area contributed by atoms with Crippen LogP contribution in [0.1, 0.15) is 10.4 Å². The molecule has 0 radical (unpaired) electrons. The molecule has 1 saturated heterocycles. The van der Waals surface area contributed by atoms with Crippen LogP contribution in [0.2, 0.25) is 0 Å². The molecule has 2 N–H and O–H groups in total. The fourth-order valence-corrected chi connectivity index (χ4v) is 3.01. The SMILES string of the molecule is NC(=O)c1cccnc1N1CCN(c2ccc3nccnc3n2)CC1. The smallest absolute Gasteiger partial charge is 0.252 e. The molecule has 8 heteroatoms. The summed E-state index contributed by atoms with van der Waals surface area (Å²) in [5, 5.41) is 0. The zero-order chi connectivity index (χ0) is 17.2. The minimum atomic E-state index is -0.458. The van der Waals surface area contributed by atoms with E-state index >= 15 is 0 Å². The maximum Gasteiger partial charge on any atom is 0.252 e. The Morgan fingerprint density at radius 3 is 2.48 bits per heavy atom. The average Bonchev–Trinajstić information content (AvgIpc) is 2.68. The number of piperazine rings is 1. The Morgan fingerprint density at radius 1 is 0.920 bits per heavy atom. The minimum Gasteiger partial charge on any atom is -0.365 e. The van der Waals surface area contributed by atoms with Gasteiger partial charge in [-0.05, 0) is 24.3 Å². The third-order valence-corrected chi connectivity index (χ3v) is 4.27. The fraction of sp³-hybridized carbons (Fsp3) is 0.235. The Balaban J connectivity index is 1.52. The first-order valence-corrected chi connectivity index (χ1v) is 8.05. The number of rotatable bonds is 3. The van der Waals surface area contributed by atoms with E-state index in [0.717, 1.165) is 37.5 Å². The number of fused-ring (bicyclic) bond motifs is 1. The van der Waals surface area contributed by atoms with Crippen molar-refractivity contribution in [3.63, 3.8) is 0 Å². The molecule has 4 heterocycles. The topological polar surface area (TPSA) is 101 Å². The third kappa shape index (κ3) is 2.93. The number of amides is 1. The van der Waals surface area contributed by atoms with Gasteiger partial charge in [-0.25, -0.2) is 15.0 Å². The molecule has 1 aliphatic rings. The van der Waals surface area contributed by atoms with Crippen molar-refractivity contribution >= 4 is 28.7 Å². The Morgan fingerprint density at radius 2 is 1.68 bits per heavy atom. The summed E-state index contributed by atoms with van der Waals surface area (Å²) in [6.07, 6.45) is 4.98. The van der Waals surface area contributed by atoms with Crippen LogP contribution in [0, 0.1) is 0 Å². The van der Waals surface area contributed by atoms with Gasteiger partial charge in [0.05, 0.1) is 5.56 Å². The van der Waals surface area contributed by atoms with E-state index in [1.807, 2.05) is 12.1 Å². The predicted octanol–water partition coefficient (Wildman–Crippen LogP) is 0.845. The highest BCUT2D eigenvalue weighted by Gasteiger charge is 2.22. The van der Waals surface area contributed by atoms with Gasteiger partial charge in [-0.2, -0.15) is 0 Å². The summed E-state index contributed by atoms with van der Waals surface area (Å²) in [7, 11) is 0. The summed E-state index contributed by atoms with van der Waals surface area (Å²) in [5.41, 5.74) is 7.33. The number of nitrogens with zero attached hydrogens (tertiary/aromatic N) is 6. The molecular formula is C17H17N7O. The summed E-state index contributed by atoms with van der Waals surface area (Å²) in [6, 6.07) is 7.32. The van der Waals surface area contributed by atoms with Crippen molar-refractivity contribution in [1.29, 1.82) is 0 Å². The molecule has 0 bridgehead atoms. The number of pyridine rings is 2. The lowest BCUT2D eigenvalue weighted by atomic mass is 10.2. The summed E-state index contributed by atoms with van der Waals surface area (Å²) < 4.78 is 0. The molecule has 0 aliphatic carbocycles. The molecule has 8 nitrogen and oxygen atoms in total. The van der Waals surface area contributed by atoms with E-state index in [0.29, 0.717) is 17.0 Å². The van der Waals surface area contributed by atoms with Gasteiger partial charge in [0.15, 0.2) is 5.65 Å². The second-order valence-corrected chi connectivity index (χ2v) is 5.78. The number of hydrogen-bond acceptors (Lipinski definition) is 7. The van der Waals surface area contributed by atoms with Gasteiger partial charge in [0.1, 0.15) is 17.2 Å². The molecule has 1 amide bonds. The van der Waals surface area contributed by atoms with Crippen LogP contribution >= 0.6 is 0 Å². The molecule has 4 rings (SSSR count). The number of nitrogens with two attached hydrogens (primary N) is 1. The first-order chi connectivity index (χ1) is 12.2. The number of aromatic nitrogens is 4. The van der Waals surface area contributed by atoms with E-state index < -0.39 is 5.91 Å². The maximum absolute atomic E-state index is 11.6. The van der Waals surface area contributed by atoms with Gasteiger partial charge < -0.3 is 15.5 Å². The number of hydrogen-bond donors (Lipinski definition) is 1. The number of primary amides is 1.